The SMILES string of the molecule is CCOC(=O)C1=Cc2ccc(-c3ccc(C(=O)N4CCCC4)cc3)cc2N=C(OC)C1. The van der Waals surface area contributed by atoms with Gasteiger partial charge in [-0.25, -0.2) is 9.79 Å². The molecule has 0 radical (unpaired) electrons. The first-order valence-corrected chi connectivity index (χ1v) is 10.6. The fourth-order valence-electron chi connectivity index (χ4n) is 3.90. The van der Waals surface area contributed by atoms with Crippen LogP contribution in [0.3, 0.4) is 0 Å². The van der Waals surface area contributed by atoms with Gasteiger partial charge in [0.05, 0.1) is 25.8 Å². The molecule has 31 heavy (non-hydrogen) atoms. The molecular weight excluding hydrogens is 392 g/mol. The molecule has 2 aromatic rings. The topological polar surface area (TPSA) is 68.2 Å². The van der Waals surface area contributed by atoms with Crippen LogP contribution in [0.25, 0.3) is 17.2 Å². The smallest absolute Gasteiger partial charge is 0.334 e. The molecule has 2 aliphatic rings. The first-order valence-electron chi connectivity index (χ1n) is 10.6. The second kappa shape index (κ2) is 9.16. The van der Waals surface area contributed by atoms with E-state index in [1.165, 1.54) is 0 Å². The lowest BCUT2D eigenvalue weighted by atomic mass is 10.00. The van der Waals surface area contributed by atoms with Crippen LogP contribution in [0.15, 0.2) is 53.0 Å². The molecule has 0 atom stereocenters. The van der Waals surface area contributed by atoms with Crippen LogP contribution in [-0.2, 0) is 14.3 Å². The molecule has 0 spiro atoms. The monoisotopic (exact) mass is 418 g/mol. The summed E-state index contributed by atoms with van der Waals surface area (Å²) >= 11 is 0. The number of esters is 1. The zero-order valence-corrected chi connectivity index (χ0v) is 17.9. The Hall–Kier alpha value is -3.41. The Labute approximate surface area is 182 Å². The zero-order valence-electron chi connectivity index (χ0n) is 17.9. The number of hydrogen-bond acceptors (Lipinski definition) is 5. The van der Waals surface area contributed by atoms with E-state index >= 15 is 0 Å². The Bertz CT molecular complexity index is 1050. The van der Waals surface area contributed by atoms with Gasteiger partial charge < -0.3 is 14.4 Å². The highest BCUT2D eigenvalue weighted by Gasteiger charge is 2.21. The van der Waals surface area contributed by atoms with Crippen molar-refractivity contribution in [2.75, 3.05) is 26.8 Å². The van der Waals surface area contributed by atoms with Gasteiger partial charge in [-0.3, -0.25) is 4.79 Å². The number of likely N-dealkylation sites (tertiary alicyclic amines) is 1. The number of fused-ring (bicyclic) bond motifs is 1. The molecule has 2 aliphatic heterocycles. The predicted molar refractivity (Wildman–Crippen MR) is 120 cm³/mol. The quantitative estimate of drug-likeness (QED) is 0.680. The van der Waals surface area contributed by atoms with Crippen LogP contribution in [0, 0.1) is 0 Å². The van der Waals surface area contributed by atoms with E-state index in [2.05, 4.69) is 4.99 Å². The number of nitrogens with zero attached hydrogens (tertiary/aromatic N) is 2. The van der Waals surface area contributed by atoms with Crippen molar-refractivity contribution in [3.05, 3.63) is 59.2 Å². The molecule has 0 N–H and O–H groups in total. The van der Waals surface area contributed by atoms with Gasteiger partial charge in [-0.05, 0) is 55.2 Å². The molecule has 0 bridgehead atoms. The number of carbonyl (C=O) groups excluding carboxylic acids is 2. The molecule has 2 aromatic carbocycles. The maximum absolute atomic E-state index is 12.6. The van der Waals surface area contributed by atoms with Crippen LogP contribution in [0.2, 0.25) is 0 Å². The lowest BCUT2D eigenvalue weighted by Gasteiger charge is -2.15. The minimum atomic E-state index is -0.359. The molecule has 6 nitrogen and oxygen atoms in total. The summed E-state index contributed by atoms with van der Waals surface area (Å²) in [5.41, 5.74) is 4.76. The summed E-state index contributed by atoms with van der Waals surface area (Å²) < 4.78 is 10.5. The van der Waals surface area contributed by atoms with E-state index in [9.17, 15) is 9.59 Å². The number of amides is 1. The van der Waals surface area contributed by atoms with Gasteiger partial charge in [-0.2, -0.15) is 0 Å². The standard InChI is InChI=1S/C25H26N2O4/c1-3-31-25(29)21-14-20-11-10-19(15-22(20)26-23(16-21)30-2)17-6-8-18(9-7-17)24(28)27-12-4-5-13-27/h6-11,14-15H,3-5,12-13,16H2,1-2H3. The summed E-state index contributed by atoms with van der Waals surface area (Å²) in [5.74, 6) is 0.196. The zero-order chi connectivity index (χ0) is 21.8. The van der Waals surface area contributed by atoms with E-state index in [0.29, 0.717) is 23.6 Å². The third-order valence-electron chi connectivity index (χ3n) is 5.58. The predicted octanol–water partition coefficient (Wildman–Crippen LogP) is 4.62. The number of benzene rings is 2. The molecule has 6 heteroatoms. The van der Waals surface area contributed by atoms with Crippen molar-refractivity contribution >= 4 is 29.5 Å². The van der Waals surface area contributed by atoms with E-state index in [4.69, 9.17) is 9.47 Å². The second-order valence-electron chi connectivity index (χ2n) is 7.63. The van der Waals surface area contributed by atoms with Crippen molar-refractivity contribution in [2.24, 2.45) is 4.99 Å². The van der Waals surface area contributed by atoms with Crippen LogP contribution < -0.4 is 0 Å². The molecule has 4 rings (SSSR count). The van der Waals surface area contributed by atoms with Crippen LogP contribution in [0.4, 0.5) is 5.69 Å². The van der Waals surface area contributed by atoms with E-state index in [0.717, 1.165) is 48.3 Å². The van der Waals surface area contributed by atoms with Gasteiger partial charge in [0.25, 0.3) is 5.91 Å². The van der Waals surface area contributed by atoms with Gasteiger partial charge in [0.2, 0.25) is 0 Å². The minimum Gasteiger partial charge on any atom is -0.484 e. The summed E-state index contributed by atoms with van der Waals surface area (Å²) in [5, 5.41) is 0. The van der Waals surface area contributed by atoms with Gasteiger partial charge in [-0.15, -0.1) is 0 Å². The lowest BCUT2D eigenvalue weighted by molar-refractivity contribution is -0.138. The Balaban J connectivity index is 1.62. The molecule has 1 fully saturated rings. The van der Waals surface area contributed by atoms with Crippen LogP contribution in [-0.4, -0.2) is 49.5 Å². The Kier molecular flexibility index (Phi) is 6.16. The highest BCUT2D eigenvalue weighted by atomic mass is 16.5. The highest BCUT2D eigenvalue weighted by Crippen LogP contribution is 2.32. The third kappa shape index (κ3) is 4.53. The number of aliphatic imine (C=N–C) groups is 1. The van der Waals surface area contributed by atoms with Gasteiger partial charge in [0.15, 0.2) is 5.90 Å². The van der Waals surface area contributed by atoms with Crippen LogP contribution in [0.1, 0.15) is 42.1 Å². The highest BCUT2D eigenvalue weighted by molar-refractivity contribution is 6.02. The van der Waals surface area contributed by atoms with Crippen molar-refractivity contribution in [3.63, 3.8) is 0 Å². The van der Waals surface area contributed by atoms with E-state index in [1.54, 1.807) is 14.0 Å². The summed E-state index contributed by atoms with van der Waals surface area (Å²) in [7, 11) is 1.55. The molecule has 0 saturated carbocycles. The number of carbonyl (C=O) groups is 2. The van der Waals surface area contributed by atoms with E-state index in [1.807, 2.05) is 53.4 Å². The molecule has 1 amide bonds. The number of ether oxygens (including phenoxy) is 2. The maximum Gasteiger partial charge on any atom is 0.334 e. The van der Waals surface area contributed by atoms with Crippen molar-refractivity contribution in [1.82, 2.24) is 4.90 Å². The Morgan fingerprint density at radius 1 is 1.03 bits per heavy atom. The second-order valence-corrected chi connectivity index (χ2v) is 7.63. The van der Waals surface area contributed by atoms with Crippen LogP contribution >= 0.6 is 0 Å². The molecular formula is C25H26N2O4. The molecule has 0 aromatic heterocycles. The largest absolute Gasteiger partial charge is 0.484 e. The van der Waals surface area contributed by atoms with Gasteiger partial charge >= 0.3 is 5.97 Å². The van der Waals surface area contributed by atoms with Crippen molar-refractivity contribution in [3.8, 4) is 11.1 Å². The molecule has 0 aliphatic carbocycles. The fourth-order valence-corrected chi connectivity index (χ4v) is 3.90. The van der Waals surface area contributed by atoms with Crippen LogP contribution in [0.5, 0.6) is 0 Å². The average Bonchev–Trinajstić information content (AvgIpc) is 3.26. The number of methoxy groups -OCH3 is 1. The average molecular weight is 418 g/mol. The van der Waals surface area contributed by atoms with Crippen molar-refractivity contribution in [2.45, 2.75) is 26.2 Å². The van der Waals surface area contributed by atoms with Gasteiger partial charge in [-0.1, -0.05) is 24.3 Å². The first kappa shape index (κ1) is 20.8. The van der Waals surface area contributed by atoms with E-state index < -0.39 is 0 Å². The normalized spacial score (nSPS) is 15.5. The molecule has 160 valence electrons. The first-order chi connectivity index (χ1) is 15.1. The summed E-state index contributed by atoms with van der Waals surface area (Å²) in [6.07, 6.45) is 4.25. The Morgan fingerprint density at radius 2 is 1.74 bits per heavy atom. The Morgan fingerprint density at radius 3 is 2.42 bits per heavy atom. The van der Waals surface area contributed by atoms with E-state index in [-0.39, 0.29) is 18.3 Å². The van der Waals surface area contributed by atoms with Gasteiger partial charge in [0, 0.05) is 29.8 Å². The third-order valence-corrected chi connectivity index (χ3v) is 5.58. The maximum atomic E-state index is 12.6. The molecule has 2 heterocycles. The number of hydrogen-bond donors (Lipinski definition) is 0. The summed E-state index contributed by atoms with van der Waals surface area (Å²) in [6.45, 7) is 3.78. The lowest BCUT2D eigenvalue weighted by Crippen LogP contribution is -2.27. The van der Waals surface area contributed by atoms with Crippen molar-refractivity contribution < 1.29 is 19.1 Å². The molecule has 1 saturated heterocycles. The minimum absolute atomic E-state index is 0.0944. The summed E-state index contributed by atoms with van der Waals surface area (Å²) in [6, 6.07) is 13.6. The van der Waals surface area contributed by atoms with Gasteiger partial charge in [0.1, 0.15) is 0 Å². The number of rotatable bonds is 4. The molecule has 0 unspecified atom stereocenters. The summed E-state index contributed by atoms with van der Waals surface area (Å²) in [4.78, 5) is 31.4. The fraction of sp³-hybridized carbons (Fsp3) is 0.320. The van der Waals surface area contributed by atoms with Crippen molar-refractivity contribution in [1.29, 1.82) is 0 Å².